The number of hydrogen-bond donors (Lipinski definition) is 1. The zero-order valence-corrected chi connectivity index (χ0v) is 19.1. The largest absolute Gasteiger partial charge is 0.493 e. The van der Waals surface area contributed by atoms with Crippen molar-refractivity contribution in [3.05, 3.63) is 36.0 Å². The molecule has 6 rings (SSSR count). The third-order valence-corrected chi connectivity index (χ3v) is 8.16. The normalized spacial score (nSPS) is 31.6. The van der Waals surface area contributed by atoms with Crippen LogP contribution in [0.15, 0.2) is 30.5 Å². The van der Waals surface area contributed by atoms with Crippen LogP contribution in [0.3, 0.4) is 0 Å². The van der Waals surface area contributed by atoms with E-state index in [1.807, 2.05) is 28.9 Å². The third kappa shape index (κ3) is 3.31. The number of ether oxygens (including phenoxy) is 2. The van der Waals surface area contributed by atoms with E-state index in [1.165, 1.54) is 19.3 Å². The fourth-order valence-corrected chi connectivity index (χ4v) is 7.92. The first-order chi connectivity index (χ1) is 14.4. The van der Waals surface area contributed by atoms with Crippen molar-refractivity contribution in [2.75, 3.05) is 19.5 Å². The lowest BCUT2D eigenvalue weighted by Gasteiger charge is -2.59. The average molecular weight is 474 g/mol. The molecule has 1 aromatic heterocycles. The highest BCUT2D eigenvalue weighted by molar-refractivity contribution is 9.10. The topological polar surface area (TPSA) is 65.4 Å². The Kier molecular flexibility index (Phi) is 4.84. The molecule has 4 aliphatic carbocycles. The number of amides is 1. The molecular weight excluding hydrogens is 446 g/mol. The zero-order valence-electron chi connectivity index (χ0n) is 17.5. The molecule has 1 heterocycles. The van der Waals surface area contributed by atoms with Crippen LogP contribution in [0.5, 0.6) is 11.5 Å². The Hall–Kier alpha value is -2.02. The molecule has 7 heteroatoms. The third-order valence-electron chi connectivity index (χ3n) is 7.23. The number of halogens is 1. The number of alkyl halides is 1. The van der Waals surface area contributed by atoms with E-state index in [9.17, 15) is 4.79 Å². The van der Waals surface area contributed by atoms with Gasteiger partial charge in [-0.2, -0.15) is 5.10 Å². The Bertz CT molecular complexity index is 958. The summed E-state index contributed by atoms with van der Waals surface area (Å²) < 4.78 is 12.9. The van der Waals surface area contributed by atoms with Gasteiger partial charge in [-0.15, -0.1) is 0 Å². The Morgan fingerprint density at radius 3 is 2.63 bits per heavy atom. The summed E-state index contributed by atoms with van der Waals surface area (Å²) in [6.07, 6.45) is 8.42. The van der Waals surface area contributed by atoms with Crippen molar-refractivity contribution in [3.63, 3.8) is 0 Å². The fraction of sp³-hybridized carbons (Fsp3) is 0.565. The molecule has 6 nitrogen and oxygen atoms in total. The summed E-state index contributed by atoms with van der Waals surface area (Å²) in [4.78, 5) is 13.5. The summed E-state index contributed by atoms with van der Waals surface area (Å²) >= 11 is 4.00. The first kappa shape index (κ1) is 19.9. The predicted molar refractivity (Wildman–Crippen MR) is 118 cm³/mol. The summed E-state index contributed by atoms with van der Waals surface area (Å²) in [6, 6.07) is 7.66. The summed E-state index contributed by atoms with van der Waals surface area (Å²) in [5, 5.41) is 7.67. The second-order valence-electron chi connectivity index (χ2n) is 9.37. The van der Waals surface area contributed by atoms with Crippen LogP contribution in [0.2, 0.25) is 0 Å². The number of anilines is 1. The van der Waals surface area contributed by atoms with Gasteiger partial charge < -0.3 is 14.8 Å². The molecule has 0 radical (unpaired) electrons. The van der Waals surface area contributed by atoms with Crippen LogP contribution < -0.4 is 14.8 Å². The second kappa shape index (κ2) is 7.29. The van der Waals surface area contributed by atoms with Crippen LogP contribution in [-0.2, 0) is 11.3 Å². The van der Waals surface area contributed by atoms with Crippen LogP contribution in [0, 0.1) is 17.3 Å². The molecule has 1 N–H and O–H groups in total. The van der Waals surface area contributed by atoms with Crippen molar-refractivity contribution < 1.29 is 14.3 Å². The van der Waals surface area contributed by atoms with Crippen LogP contribution in [0.1, 0.15) is 44.1 Å². The van der Waals surface area contributed by atoms with Crippen molar-refractivity contribution in [1.29, 1.82) is 0 Å². The lowest BCUT2D eigenvalue weighted by molar-refractivity contribution is -0.138. The van der Waals surface area contributed by atoms with Crippen molar-refractivity contribution >= 4 is 27.7 Å². The standard InChI is InChI=1S/C23H28BrN3O3/c1-29-18-5-3-4-17(20(18)30-2)13-27-19(6-7-25-27)26-21(28)22-9-15-8-16(10-22)12-23(24,11-15)14-22/h3-7,15-16H,8-14H2,1-2H3,(H,26,28). The molecule has 2 aromatic rings. The van der Waals surface area contributed by atoms with Crippen molar-refractivity contribution in [3.8, 4) is 11.5 Å². The van der Waals surface area contributed by atoms with Gasteiger partial charge in [-0.05, 0) is 56.4 Å². The van der Waals surface area contributed by atoms with E-state index in [4.69, 9.17) is 9.47 Å². The minimum absolute atomic E-state index is 0.153. The summed E-state index contributed by atoms with van der Waals surface area (Å²) in [7, 11) is 3.26. The first-order valence-corrected chi connectivity index (χ1v) is 11.4. The van der Waals surface area contributed by atoms with E-state index in [2.05, 4.69) is 26.3 Å². The van der Waals surface area contributed by atoms with Crippen LogP contribution in [0.25, 0.3) is 0 Å². The van der Waals surface area contributed by atoms with Crippen molar-refractivity contribution in [1.82, 2.24) is 9.78 Å². The number of hydrogen-bond acceptors (Lipinski definition) is 4. The number of carbonyl (C=O) groups excluding carboxylic acids is 1. The predicted octanol–water partition coefficient (Wildman–Crippen LogP) is 4.62. The molecule has 0 saturated heterocycles. The molecule has 2 atom stereocenters. The molecule has 4 bridgehead atoms. The highest BCUT2D eigenvalue weighted by Gasteiger charge is 2.59. The maximum Gasteiger partial charge on any atom is 0.231 e. The molecule has 4 fully saturated rings. The van der Waals surface area contributed by atoms with Crippen LogP contribution >= 0.6 is 15.9 Å². The first-order valence-electron chi connectivity index (χ1n) is 10.7. The van der Waals surface area contributed by atoms with Crippen molar-refractivity contribution in [2.24, 2.45) is 17.3 Å². The van der Waals surface area contributed by atoms with Gasteiger partial charge in [0.2, 0.25) is 5.91 Å². The number of carbonyl (C=O) groups is 1. The van der Waals surface area contributed by atoms with E-state index in [0.717, 1.165) is 30.6 Å². The Labute approximate surface area is 185 Å². The number of aromatic nitrogens is 2. The summed E-state index contributed by atoms with van der Waals surface area (Å²) in [5.74, 6) is 3.59. The fourth-order valence-electron chi connectivity index (χ4n) is 6.47. The van der Waals surface area contributed by atoms with Crippen molar-refractivity contribution in [2.45, 2.75) is 49.4 Å². The molecule has 160 valence electrons. The van der Waals surface area contributed by atoms with E-state index < -0.39 is 0 Å². The van der Waals surface area contributed by atoms with Gasteiger partial charge in [0.25, 0.3) is 0 Å². The maximum absolute atomic E-state index is 13.5. The van der Waals surface area contributed by atoms with Gasteiger partial charge in [0.1, 0.15) is 5.82 Å². The minimum Gasteiger partial charge on any atom is -0.493 e. The number of rotatable bonds is 6. The molecule has 0 aliphatic heterocycles. The van der Waals surface area contributed by atoms with E-state index >= 15 is 0 Å². The number of nitrogens with one attached hydrogen (secondary N) is 1. The van der Waals surface area contributed by atoms with Gasteiger partial charge in [-0.3, -0.25) is 4.79 Å². The van der Waals surface area contributed by atoms with Gasteiger partial charge in [-0.1, -0.05) is 28.1 Å². The Morgan fingerprint density at radius 1 is 1.20 bits per heavy atom. The second-order valence-corrected chi connectivity index (χ2v) is 11.1. The zero-order chi connectivity index (χ0) is 20.9. The molecule has 4 saturated carbocycles. The van der Waals surface area contributed by atoms with Gasteiger partial charge in [-0.25, -0.2) is 4.68 Å². The smallest absolute Gasteiger partial charge is 0.231 e. The van der Waals surface area contributed by atoms with E-state index in [1.54, 1.807) is 20.4 Å². The quantitative estimate of drug-likeness (QED) is 0.621. The SMILES string of the molecule is COc1cccc(Cn2nccc2NC(=O)C23CC4CC(CC(Br)(C4)C2)C3)c1OC. The van der Waals surface area contributed by atoms with E-state index in [-0.39, 0.29) is 15.6 Å². The van der Waals surface area contributed by atoms with Crippen LogP contribution in [0.4, 0.5) is 5.82 Å². The molecule has 30 heavy (non-hydrogen) atoms. The minimum atomic E-state index is -0.254. The lowest BCUT2D eigenvalue weighted by atomic mass is 9.49. The van der Waals surface area contributed by atoms with E-state index in [0.29, 0.717) is 29.9 Å². The highest BCUT2D eigenvalue weighted by atomic mass is 79.9. The number of para-hydroxylation sites is 1. The highest BCUT2D eigenvalue weighted by Crippen LogP contribution is 2.64. The number of methoxy groups -OCH3 is 2. The van der Waals surface area contributed by atoms with Gasteiger partial charge in [0, 0.05) is 16.0 Å². The molecule has 0 spiro atoms. The monoisotopic (exact) mass is 473 g/mol. The molecule has 2 unspecified atom stereocenters. The van der Waals surface area contributed by atoms with Gasteiger partial charge >= 0.3 is 0 Å². The molecular formula is C23H28BrN3O3. The summed E-state index contributed by atoms with van der Waals surface area (Å²) in [6.45, 7) is 0.490. The molecule has 1 aromatic carbocycles. The summed E-state index contributed by atoms with van der Waals surface area (Å²) in [5.41, 5.74) is 0.696. The molecule has 4 aliphatic rings. The Balaban J connectivity index is 1.37. The van der Waals surface area contributed by atoms with Gasteiger partial charge in [0.05, 0.1) is 32.4 Å². The average Bonchev–Trinajstić information content (AvgIpc) is 3.12. The number of benzene rings is 1. The molecule has 1 amide bonds. The van der Waals surface area contributed by atoms with Gasteiger partial charge in [0.15, 0.2) is 11.5 Å². The maximum atomic E-state index is 13.5. The number of nitrogens with zero attached hydrogens (tertiary/aromatic N) is 2. The lowest BCUT2D eigenvalue weighted by Crippen LogP contribution is -2.57. The van der Waals surface area contributed by atoms with Crippen LogP contribution in [-0.4, -0.2) is 34.2 Å². The Morgan fingerprint density at radius 2 is 1.97 bits per heavy atom.